The van der Waals surface area contributed by atoms with Crippen LogP contribution in [0.4, 0.5) is 0 Å². The molecule has 1 aliphatic rings. The lowest BCUT2D eigenvalue weighted by Gasteiger charge is -2.39. The van der Waals surface area contributed by atoms with Crippen molar-refractivity contribution in [2.75, 3.05) is 19.7 Å². The summed E-state index contributed by atoms with van der Waals surface area (Å²) in [6.07, 6.45) is 2.95. The first-order chi connectivity index (χ1) is 16.7. The number of hydrogen-bond donors (Lipinski definition) is 0. The van der Waals surface area contributed by atoms with Crippen LogP contribution in [-0.4, -0.2) is 41.4 Å². The van der Waals surface area contributed by atoms with E-state index in [0.717, 1.165) is 55.8 Å². The third kappa shape index (κ3) is 6.27. The summed E-state index contributed by atoms with van der Waals surface area (Å²) in [5, 5.41) is 0. The summed E-state index contributed by atoms with van der Waals surface area (Å²) in [6.45, 7) is 8.37. The zero-order valence-electron chi connectivity index (χ0n) is 20.5. The zero-order chi connectivity index (χ0) is 23.8. The summed E-state index contributed by atoms with van der Waals surface area (Å²) in [5.74, 6) is 0.992. The summed E-state index contributed by atoms with van der Waals surface area (Å²) < 4.78 is 5.60. The van der Waals surface area contributed by atoms with Crippen LogP contribution in [0.3, 0.4) is 0 Å². The average Bonchev–Trinajstić information content (AvgIpc) is 2.89. The molecule has 4 nitrogen and oxygen atoms in total. The van der Waals surface area contributed by atoms with Crippen LogP contribution in [0.1, 0.15) is 53.7 Å². The van der Waals surface area contributed by atoms with Gasteiger partial charge in [-0.1, -0.05) is 61.5 Å². The molecule has 1 aliphatic heterocycles. The number of ether oxygens (including phenoxy) is 1. The van der Waals surface area contributed by atoms with Crippen LogP contribution in [-0.2, 0) is 19.5 Å². The normalized spacial score (nSPS) is 14.6. The number of hydrogen-bond acceptors (Lipinski definition) is 3. The molecule has 0 unspecified atom stereocenters. The number of piperidine rings is 1. The number of amides is 1. The van der Waals surface area contributed by atoms with E-state index < -0.39 is 0 Å². The smallest absolute Gasteiger partial charge is 0.254 e. The third-order valence-corrected chi connectivity index (χ3v) is 6.70. The van der Waals surface area contributed by atoms with E-state index in [-0.39, 0.29) is 11.9 Å². The first-order valence-electron chi connectivity index (χ1n) is 12.5. The van der Waals surface area contributed by atoms with Gasteiger partial charge in [0.25, 0.3) is 5.91 Å². The summed E-state index contributed by atoms with van der Waals surface area (Å²) in [7, 11) is 0. The van der Waals surface area contributed by atoms with E-state index in [9.17, 15) is 4.79 Å². The maximum absolute atomic E-state index is 13.7. The lowest BCUT2D eigenvalue weighted by atomic mass is 9.99. The molecule has 34 heavy (non-hydrogen) atoms. The fraction of sp³-hybridized carbons (Fsp3) is 0.367. The highest BCUT2D eigenvalue weighted by molar-refractivity contribution is 5.94. The zero-order valence-corrected chi connectivity index (χ0v) is 20.5. The quantitative estimate of drug-likeness (QED) is 0.399. The SMILES string of the molecule is CCOc1ccc(CN(C(=O)c2ccc(CC)cc2)C2CCN(Cc3ccccc3)CC2)cc1. The minimum atomic E-state index is 0.123. The fourth-order valence-electron chi connectivity index (χ4n) is 4.70. The van der Waals surface area contributed by atoms with E-state index in [1.54, 1.807) is 0 Å². The lowest BCUT2D eigenvalue weighted by Crippen LogP contribution is -2.46. The summed E-state index contributed by atoms with van der Waals surface area (Å²) in [5.41, 5.74) is 4.51. The van der Waals surface area contributed by atoms with E-state index in [0.29, 0.717) is 13.2 Å². The van der Waals surface area contributed by atoms with Gasteiger partial charge in [0, 0.05) is 37.8 Å². The van der Waals surface area contributed by atoms with Crippen LogP contribution in [0.5, 0.6) is 5.75 Å². The van der Waals surface area contributed by atoms with Crippen LogP contribution in [0.2, 0.25) is 0 Å². The fourth-order valence-corrected chi connectivity index (χ4v) is 4.70. The topological polar surface area (TPSA) is 32.8 Å². The molecule has 178 valence electrons. The second kappa shape index (κ2) is 11.8. The monoisotopic (exact) mass is 456 g/mol. The molecule has 4 rings (SSSR count). The Morgan fingerprint density at radius 2 is 1.50 bits per heavy atom. The van der Waals surface area contributed by atoms with Crippen molar-refractivity contribution in [1.82, 2.24) is 9.80 Å². The van der Waals surface area contributed by atoms with Crippen molar-refractivity contribution >= 4 is 5.91 Å². The molecular formula is C30H36N2O2. The standard InChI is InChI=1S/C30H36N2O2/c1-3-24-10-14-27(15-11-24)30(33)32(23-26-12-16-29(17-13-26)34-4-2)28-18-20-31(21-19-28)22-25-8-6-5-7-9-25/h5-17,28H,3-4,18-23H2,1-2H3. The van der Waals surface area contributed by atoms with Gasteiger partial charge in [-0.2, -0.15) is 0 Å². The summed E-state index contributed by atoms with van der Waals surface area (Å²) in [4.78, 5) is 18.3. The molecule has 0 atom stereocenters. The molecule has 0 radical (unpaired) electrons. The van der Waals surface area contributed by atoms with E-state index in [2.05, 4.69) is 71.3 Å². The molecule has 1 heterocycles. The predicted molar refractivity (Wildman–Crippen MR) is 138 cm³/mol. The van der Waals surface area contributed by atoms with Crippen LogP contribution in [0, 0.1) is 0 Å². The highest BCUT2D eigenvalue weighted by atomic mass is 16.5. The van der Waals surface area contributed by atoms with Gasteiger partial charge in [0.15, 0.2) is 0 Å². The van der Waals surface area contributed by atoms with Gasteiger partial charge in [0.1, 0.15) is 5.75 Å². The Balaban J connectivity index is 1.48. The van der Waals surface area contributed by atoms with Crippen molar-refractivity contribution in [1.29, 1.82) is 0 Å². The van der Waals surface area contributed by atoms with E-state index in [4.69, 9.17) is 4.74 Å². The van der Waals surface area contributed by atoms with Crippen molar-refractivity contribution in [2.45, 2.75) is 52.2 Å². The maximum Gasteiger partial charge on any atom is 0.254 e. The molecule has 0 spiro atoms. The summed E-state index contributed by atoms with van der Waals surface area (Å²) in [6, 6.07) is 27.1. The number of likely N-dealkylation sites (tertiary alicyclic amines) is 1. The highest BCUT2D eigenvalue weighted by Crippen LogP contribution is 2.24. The van der Waals surface area contributed by atoms with Gasteiger partial charge < -0.3 is 9.64 Å². The Morgan fingerprint density at radius 3 is 2.12 bits per heavy atom. The molecule has 1 amide bonds. The molecule has 1 saturated heterocycles. The first-order valence-corrected chi connectivity index (χ1v) is 12.5. The molecule has 0 bridgehead atoms. The maximum atomic E-state index is 13.7. The molecule has 3 aromatic rings. The molecule has 0 aromatic heterocycles. The molecule has 0 N–H and O–H groups in total. The molecule has 1 fully saturated rings. The van der Waals surface area contributed by atoms with Gasteiger partial charge >= 0.3 is 0 Å². The van der Waals surface area contributed by atoms with E-state index >= 15 is 0 Å². The van der Waals surface area contributed by atoms with Crippen LogP contribution < -0.4 is 4.74 Å². The Hall–Kier alpha value is -3.11. The van der Waals surface area contributed by atoms with Gasteiger partial charge in [-0.25, -0.2) is 0 Å². The second-order valence-corrected chi connectivity index (χ2v) is 9.05. The number of nitrogens with zero attached hydrogens (tertiary/aromatic N) is 2. The van der Waals surface area contributed by atoms with E-state index in [1.165, 1.54) is 11.1 Å². The number of benzene rings is 3. The summed E-state index contributed by atoms with van der Waals surface area (Å²) >= 11 is 0. The van der Waals surface area contributed by atoms with Crippen LogP contribution in [0.25, 0.3) is 0 Å². The first kappa shape index (κ1) is 24.0. The number of aryl methyl sites for hydroxylation is 1. The highest BCUT2D eigenvalue weighted by Gasteiger charge is 2.29. The van der Waals surface area contributed by atoms with Gasteiger partial charge in [0.05, 0.1) is 6.61 Å². The average molecular weight is 457 g/mol. The van der Waals surface area contributed by atoms with Gasteiger partial charge in [-0.15, -0.1) is 0 Å². The third-order valence-electron chi connectivity index (χ3n) is 6.70. The number of carbonyl (C=O) groups is 1. The van der Waals surface area contributed by atoms with E-state index in [1.807, 2.05) is 31.2 Å². The van der Waals surface area contributed by atoms with Crippen molar-refractivity contribution in [3.8, 4) is 5.75 Å². The van der Waals surface area contributed by atoms with Crippen LogP contribution in [0.15, 0.2) is 78.9 Å². The second-order valence-electron chi connectivity index (χ2n) is 9.05. The van der Waals surface area contributed by atoms with Gasteiger partial charge in [0.2, 0.25) is 0 Å². The lowest BCUT2D eigenvalue weighted by molar-refractivity contribution is 0.0543. The number of rotatable bonds is 9. The molecule has 4 heteroatoms. The van der Waals surface area contributed by atoms with Gasteiger partial charge in [-0.05, 0) is 67.1 Å². The van der Waals surface area contributed by atoms with Crippen molar-refractivity contribution in [3.63, 3.8) is 0 Å². The minimum absolute atomic E-state index is 0.123. The predicted octanol–water partition coefficient (Wildman–Crippen LogP) is 5.95. The van der Waals surface area contributed by atoms with Crippen molar-refractivity contribution < 1.29 is 9.53 Å². The minimum Gasteiger partial charge on any atom is -0.494 e. The van der Waals surface area contributed by atoms with Gasteiger partial charge in [-0.3, -0.25) is 9.69 Å². The molecule has 0 saturated carbocycles. The molecular weight excluding hydrogens is 420 g/mol. The molecule has 3 aromatic carbocycles. The van der Waals surface area contributed by atoms with Crippen molar-refractivity contribution in [2.24, 2.45) is 0 Å². The largest absolute Gasteiger partial charge is 0.494 e. The Kier molecular flexibility index (Phi) is 8.37. The van der Waals surface area contributed by atoms with Crippen molar-refractivity contribution in [3.05, 3.63) is 101 Å². The Morgan fingerprint density at radius 1 is 0.853 bits per heavy atom. The Labute approximate surface area is 204 Å². The number of carbonyl (C=O) groups excluding carboxylic acids is 1. The molecule has 0 aliphatic carbocycles. The van der Waals surface area contributed by atoms with Crippen LogP contribution >= 0.6 is 0 Å². The Bertz CT molecular complexity index is 1020.